The second-order valence-corrected chi connectivity index (χ2v) is 5.38. The molecule has 0 radical (unpaired) electrons. The van der Waals surface area contributed by atoms with Gasteiger partial charge < -0.3 is 15.0 Å². The lowest BCUT2D eigenvalue weighted by molar-refractivity contribution is -0.384. The Kier molecular flexibility index (Phi) is 5.19. The fourth-order valence-electron chi connectivity index (χ4n) is 2.56. The van der Waals surface area contributed by atoms with Gasteiger partial charge in [-0.15, -0.1) is 0 Å². The highest BCUT2D eigenvalue weighted by Crippen LogP contribution is 2.27. The molecule has 1 aliphatic rings. The Balaban J connectivity index is 1.96. The second kappa shape index (κ2) is 7.11. The minimum atomic E-state index is -0.372. The number of hydrogen-bond donors (Lipinski definition) is 1. The number of rotatable bonds is 4. The maximum absolute atomic E-state index is 11.6. The molecule has 0 aromatic heterocycles. The van der Waals surface area contributed by atoms with Crippen molar-refractivity contribution in [1.82, 2.24) is 4.90 Å². The first kappa shape index (κ1) is 16.1. The van der Waals surface area contributed by atoms with Crippen LogP contribution in [0.1, 0.15) is 25.3 Å². The molecule has 0 unspecified atom stereocenters. The molecule has 1 saturated heterocycles. The molecule has 22 heavy (non-hydrogen) atoms. The van der Waals surface area contributed by atoms with Gasteiger partial charge in [0.1, 0.15) is 5.69 Å². The Labute approximate surface area is 129 Å². The molecule has 1 N–H and O–H groups in total. The van der Waals surface area contributed by atoms with Gasteiger partial charge in [-0.2, -0.15) is 0 Å². The van der Waals surface area contributed by atoms with E-state index < -0.39 is 0 Å². The van der Waals surface area contributed by atoms with Gasteiger partial charge in [-0.05, 0) is 38.3 Å². The zero-order chi connectivity index (χ0) is 16.1. The minimum Gasteiger partial charge on any atom is -0.450 e. The van der Waals surface area contributed by atoms with Crippen LogP contribution in [0.15, 0.2) is 18.2 Å². The number of amides is 1. The van der Waals surface area contributed by atoms with Crippen LogP contribution in [0, 0.1) is 17.0 Å². The Morgan fingerprint density at radius 1 is 1.45 bits per heavy atom. The van der Waals surface area contributed by atoms with Crippen molar-refractivity contribution < 1.29 is 14.5 Å². The summed E-state index contributed by atoms with van der Waals surface area (Å²) in [6, 6.07) is 5.27. The molecule has 7 heteroatoms. The van der Waals surface area contributed by atoms with Gasteiger partial charge in [0.05, 0.1) is 11.5 Å². The van der Waals surface area contributed by atoms with Gasteiger partial charge in [0, 0.05) is 25.2 Å². The Hall–Kier alpha value is -2.31. The van der Waals surface area contributed by atoms with Crippen LogP contribution < -0.4 is 5.32 Å². The molecule has 1 aliphatic heterocycles. The zero-order valence-corrected chi connectivity index (χ0v) is 12.9. The number of nitrogens with zero attached hydrogens (tertiary/aromatic N) is 2. The van der Waals surface area contributed by atoms with Crippen LogP contribution >= 0.6 is 0 Å². The molecule has 1 aromatic rings. The molecule has 0 spiro atoms. The lowest BCUT2D eigenvalue weighted by Crippen LogP contribution is -2.42. The average molecular weight is 307 g/mol. The number of ether oxygens (including phenoxy) is 1. The molecular formula is C15H21N3O4. The van der Waals surface area contributed by atoms with Gasteiger partial charge in [-0.25, -0.2) is 4.79 Å². The summed E-state index contributed by atoms with van der Waals surface area (Å²) in [5.74, 6) is 0. The number of benzene rings is 1. The van der Waals surface area contributed by atoms with Gasteiger partial charge in [0.25, 0.3) is 5.69 Å². The van der Waals surface area contributed by atoms with E-state index in [-0.39, 0.29) is 22.7 Å². The third-order valence-corrected chi connectivity index (χ3v) is 3.73. The van der Waals surface area contributed by atoms with Gasteiger partial charge in [0.15, 0.2) is 0 Å². The lowest BCUT2D eigenvalue weighted by Gasteiger charge is -2.32. The third-order valence-electron chi connectivity index (χ3n) is 3.73. The SMILES string of the molecule is CCOC(=O)N1CCC(Nc2ccc(C)cc2[N+](=O)[O-])CC1. The summed E-state index contributed by atoms with van der Waals surface area (Å²) in [7, 11) is 0. The number of nitro benzene ring substituents is 1. The van der Waals surface area contributed by atoms with Crippen LogP contribution in [-0.4, -0.2) is 41.7 Å². The van der Waals surface area contributed by atoms with Gasteiger partial charge in [0.2, 0.25) is 0 Å². The van der Waals surface area contributed by atoms with E-state index in [0.717, 1.165) is 18.4 Å². The highest BCUT2D eigenvalue weighted by Gasteiger charge is 2.25. The molecule has 0 aliphatic carbocycles. The van der Waals surface area contributed by atoms with Crippen molar-refractivity contribution in [2.45, 2.75) is 32.7 Å². The van der Waals surface area contributed by atoms with Crippen molar-refractivity contribution in [3.8, 4) is 0 Å². The molecule has 1 amide bonds. The molecular weight excluding hydrogens is 286 g/mol. The summed E-state index contributed by atoms with van der Waals surface area (Å²) in [4.78, 5) is 24.1. The van der Waals surface area contributed by atoms with Gasteiger partial charge >= 0.3 is 6.09 Å². The van der Waals surface area contributed by atoms with Crippen molar-refractivity contribution in [2.24, 2.45) is 0 Å². The summed E-state index contributed by atoms with van der Waals surface area (Å²) in [6.45, 7) is 5.16. The molecule has 0 atom stereocenters. The molecule has 0 saturated carbocycles. The number of anilines is 1. The van der Waals surface area contributed by atoms with E-state index in [0.29, 0.717) is 25.4 Å². The molecule has 2 rings (SSSR count). The molecule has 1 fully saturated rings. The number of carbonyl (C=O) groups is 1. The minimum absolute atomic E-state index is 0.0906. The smallest absolute Gasteiger partial charge is 0.409 e. The summed E-state index contributed by atoms with van der Waals surface area (Å²) >= 11 is 0. The van der Waals surface area contributed by atoms with E-state index in [1.807, 2.05) is 13.0 Å². The van der Waals surface area contributed by atoms with E-state index in [4.69, 9.17) is 4.74 Å². The van der Waals surface area contributed by atoms with E-state index in [9.17, 15) is 14.9 Å². The van der Waals surface area contributed by atoms with E-state index in [1.54, 1.807) is 24.0 Å². The largest absolute Gasteiger partial charge is 0.450 e. The number of nitro groups is 1. The number of nitrogens with one attached hydrogen (secondary N) is 1. The van der Waals surface area contributed by atoms with E-state index in [2.05, 4.69) is 5.32 Å². The highest BCUT2D eigenvalue weighted by atomic mass is 16.6. The Bertz CT molecular complexity index is 554. The van der Waals surface area contributed by atoms with Crippen molar-refractivity contribution in [3.63, 3.8) is 0 Å². The first-order valence-corrected chi connectivity index (χ1v) is 7.44. The van der Waals surface area contributed by atoms with Crippen LogP contribution in [-0.2, 0) is 4.74 Å². The Morgan fingerprint density at radius 2 is 2.14 bits per heavy atom. The monoisotopic (exact) mass is 307 g/mol. The van der Waals surface area contributed by atoms with Crippen LogP contribution in [0.3, 0.4) is 0 Å². The second-order valence-electron chi connectivity index (χ2n) is 5.38. The summed E-state index contributed by atoms with van der Waals surface area (Å²) in [5.41, 5.74) is 1.48. The van der Waals surface area contributed by atoms with Crippen LogP contribution in [0.5, 0.6) is 0 Å². The van der Waals surface area contributed by atoms with Gasteiger partial charge in [-0.3, -0.25) is 10.1 Å². The summed E-state index contributed by atoms with van der Waals surface area (Å²) < 4.78 is 4.98. The number of carbonyl (C=O) groups excluding carboxylic acids is 1. The number of likely N-dealkylation sites (tertiary alicyclic amines) is 1. The summed E-state index contributed by atoms with van der Waals surface area (Å²) in [5, 5.41) is 14.4. The Morgan fingerprint density at radius 3 is 2.73 bits per heavy atom. The highest BCUT2D eigenvalue weighted by molar-refractivity contribution is 5.68. The third kappa shape index (κ3) is 3.87. The summed E-state index contributed by atoms with van der Waals surface area (Å²) in [6.07, 6.45) is 1.19. The van der Waals surface area contributed by atoms with E-state index in [1.165, 1.54) is 0 Å². The maximum atomic E-state index is 11.6. The molecule has 1 aromatic carbocycles. The van der Waals surface area contributed by atoms with Crippen molar-refractivity contribution in [1.29, 1.82) is 0 Å². The van der Waals surface area contributed by atoms with Crippen LogP contribution in [0.25, 0.3) is 0 Å². The molecule has 0 bridgehead atoms. The fourth-order valence-corrected chi connectivity index (χ4v) is 2.56. The quantitative estimate of drug-likeness (QED) is 0.683. The lowest BCUT2D eigenvalue weighted by atomic mass is 10.0. The van der Waals surface area contributed by atoms with E-state index >= 15 is 0 Å². The molecule has 7 nitrogen and oxygen atoms in total. The predicted octanol–water partition coefficient (Wildman–Crippen LogP) is 2.94. The normalized spacial score (nSPS) is 15.5. The maximum Gasteiger partial charge on any atom is 0.409 e. The van der Waals surface area contributed by atoms with Gasteiger partial charge in [-0.1, -0.05) is 6.07 Å². The van der Waals surface area contributed by atoms with Crippen molar-refractivity contribution in [3.05, 3.63) is 33.9 Å². The van der Waals surface area contributed by atoms with Crippen molar-refractivity contribution in [2.75, 3.05) is 25.0 Å². The van der Waals surface area contributed by atoms with Crippen molar-refractivity contribution >= 4 is 17.5 Å². The molecule has 1 heterocycles. The van der Waals surface area contributed by atoms with Crippen LogP contribution in [0.4, 0.5) is 16.2 Å². The standard InChI is InChI=1S/C15H21N3O4/c1-3-22-15(19)17-8-6-12(7-9-17)16-13-5-4-11(2)10-14(13)18(20)21/h4-5,10,12,16H,3,6-9H2,1-2H3. The fraction of sp³-hybridized carbons (Fsp3) is 0.533. The number of aryl methyl sites for hydroxylation is 1. The predicted molar refractivity (Wildman–Crippen MR) is 83.1 cm³/mol. The zero-order valence-electron chi connectivity index (χ0n) is 12.9. The first-order valence-electron chi connectivity index (χ1n) is 7.44. The number of piperidine rings is 1. The van der Waals surface area contributed by atoms with Crippen LogP contribution in [0.2, 0.25) is 0 Å². The topological polar surface area (TPSA) is 84.7 Å². The average Bonchev–Trinajstić information content (AvgIpc) is 2.50. The molecule has 120 valence electrons. The number of hydrogen-bond acceptors (Lipinski definition) is 5. The first-order chi connectivity index (χ1) is 10.5.